The second kappa shape index (κ2) is 7.26. The van der Waals surface area contributed by atoms with E-state index in [1.165, 1.54) is 0 Å². The zero-order valence-electron chi connectivity index (χ0n) is 10.4. The van der Waals surface area contributed by atoms with Gasteiger partial charge in [-0.2, -0.15) is 0 Å². The SMILES string of the molecule is CCC(=O)OCOC(=O)NCc1cc(C)ccn1. The van der Waals surface area contributed by atoms with Crippen LogP contribution in [-0.4, -0.2) is 23.8 Å². The fourth-order valence-corrected chi connectivity index (χ4v) is 1.16. The van der Waals surface area contributed by atoms with E-state index in [1.807, 2.05) is 19.1 Å². The maximum absolute atomic E-state index is 11.2. The zero-order chi connectivity index (χ0) is 13.4. The molecular weight excluding hydrogens is 236 g/mol. The van der Waals surface area contributed by atoms with E-state index in [-0.39, 0.29) is 19.8 Å². The number of pyridine rings is 1. The lowest BCUT2D eigenvalue weighted by Crippen LogP contribution is -2.25. The van der Waals surface area contributed by atoms with Crippen LogP contribution in [0.1, 0.15) is 24.6 Å². The first kappa shape index (κ1) is 14.0. The number of carbonyl (C=O) groups excluding carboxylic acids is 2. The summed E-state index contributed by atoms with van der Waals surface area (Å²) in [5, 5.41) is 2.50. The summed E-state index contributed by atoms with van der Waals surface area (Å²) >= 11 is 0. The second-order valence-electron chi connectivity index (χ2n) is 3.60. The Labute approximate surface area is 105 Å². The van der Waals surface area contributed by atoms with Crippen LogP contribution in [0.4, 0.5) is 4.79 Å². The van der Waals surface area contributed by atoms with E-state index in [0.717, 1.165) is 11.3 Å². The van der Waals surface area contributed by atoms with Crippen LogP contribution in [0.15, 0.2) is 18.3 Å². The molecule has 0 spiro atoms. The first-order chi connectivity index (χ1) is 8.61. The number of nitrogens with zero attached hydrogens (tertiary/aromatic N) is 1. The Kier molecular flexibility index (Phi) is 5.63. The molecule has 0 aromatic carbocycles. The Morgan fingerprint density at radius 3 is 2.83 bits per heavy atom. The molecule has 6 heteroatoms. The molecule has 1 rings (SSSR count). The van der Waals surface area contributed by atoms with Crippen molar-refractivity contribution < 1.29 is 19.1 Å². The number of rotatable bonds is 5. The molecule has 0 unspecified atom stereocenters. The topological polar surface area (TPSA) is 77.5 Å². The number of amides is 1. The van der Waals surface area contributed by atoms with Gasteiger partial charge in [0.15, 0.2) is 0 Å². The van der Waals surface area contributed by atoms with Gasteiger partial charge in [-0.05, 0) is 24.6 Å². The van der Waals surface area contributed by atoms with Gasteiger partial charge < -0.3 is 14.8 Å². The summed E-state index contributed by atoms with van der Waals surface area (Å²) in [6.45, 7) is 3.49. The number of nitrogens with one attached hydrogen (secondary N) is 1. The summed E-state index contributed by atoms with van der Waals surface area (Å²) in [5.74, 6) is -0.414. The minimum Gasteiger partial charge on any atom is -0.428 e. The van der Waals surface area contributed by atoms with Crippen LogP contribution < -0.4 is 5.32 Å². The van der Waals surface area contributed by atoms with E-state index in [4.69, 9.17) is 0 Å². The highest BCUT2D eigenvalue weighted by Crippen LogP contribution is 1.99. The van der Waals surface area contributed by atoms with Crippen molar-refractivity contribution >= 4 is 12.1 Å². The molecule has 0 aliphatic heterocycles. The number of aryl methyl sites for hydroxylation is 1. The molecule has 1 aromatic heterocycles. The van der Waals surface area contributed by atoms with Gasteiger partial charge in [0.25, 0.3) is 0 Å². The van der Waals surface area contributed by atoms with Gasteiger partial charge in [-0.1, -0.05) is 6.92 Å². The second-order valence-corrected chi connectivity index (χ2v) is 3.60. The molecule has 0 bridgehead atoms. The largest absolute Gasteiger partial charge is 0.428 e. The van der Waals surface area contributed by atoms with Crippen molar-refractivity contribution in [1.82, 2.24) is 10.3 Å². The fourth-order valence-electron chi connectivity index (χ4n) is 1.16. The normalized spacial score (nSPS) is 9.67. The van der Waals surface area contributed by atoms with Crippen LogP contribution in [0, 0.1) is 6.92 Å². The van der Waals surface area contributed by atoms with Gasteiger partial charge in [0, 0.05) is 12.6 Å². The summed E-state index contributed by atoms with van der Waals surface area (Å²) < 4.78 is 9.24. The summed E-state index contributed by atoms with van der Waals surface area (Å²) in [5.41, 5.74) is 1.80. The lowest BCUT2D eigenvalue weighted by molar-refractivity contribution is -0.151. The van der Waals surface area contributed by atoms with Gasteiger partial charge >= 0.3 is 12.1 Å². The minimum absolute atomic E-state index is 0.248. The van der Waals surface area contributed by atoms with Crippen LogP contribution in [0.2, 0.25) is 0 Å². The number of esters is 1. The van der Waals surface area contributed by atoms with Crippen molar-refractivity contribution in [3.63, 3.8) is 0 Å². The van der Waals surface area contributed by atoms with Gasteiger partial charge in [0.1, 0.15) is 0 Å². The quantitative estimate of drug-likeness (QED) is 0.635. The molecule has 1 N–H and O–H groups in total. The molecule has 1 amide bonds. The predicted molar refractivity (Wildman–Crippen MR) is 63.5 cm³/mol. The van der Waals surface area contributed by atoms with Crippen LogP contribution in [0.5, 0.6) is 0 Å². The van der Waals surface area contributed by atoms with Crippen LogP contribution in [0.25, 0.3) is 0 Å². The predicted octanol–water partition coefficient (Wildman–Crippen LogP) is 1.53. The highest BCUT2D eigenvalue weighted by Gasteiger charge is 2.04. The zero-order valence-corrected chi connectivity index (χ0v) is 10.4. The minimum atomic E-state index is -0.651. The van der Waals surface area contributed by atoms with Gasteiger partial charge in [0.05, 0.1) is 12.2 Å². The molecule has 0 atom stereocenters. The highest BCUT2D eigenvalue weighted by atomic mass is 16.7. The Hall–Kier alpha value is -2.11. The molecule has 98 valence electrons. The van der Waals surface area contributed by atoms with Crippen molar-refractivity contribution in [3.05, 3.63) is 29.6 Å². The standard InChI is InChI=1S/C12H16N2O4/c1-3-11(15)17-8-18-12(16)14-7-10-6-9(2)4-5-13-10/h4-6H,3,7-8H2,1-2H3,(H,14,16). The van der Waals surface area contributed by atoms with E-state index in [0.29, 0.717) is 0 Å². The van der Waals surface area contributed by atoms with Gasteiger partial charge in [-0.3, -0.25) is 9.78 Å². The number of aromatic nitrogens is 1. The molecule has 0 aliphatic carbocycles. The van der Waals surface area contributed by atoms with Gasteiger partial charge in [0.2, 0.25) is 6.79 Å². The third kappa shape index (κ3) is 5.29. The molecule has 0 radical (unpaired) electrons. The maximum Gasteiger partial charge on any atom is 0.410 e. The van der Waals surface area contributed by atoms with Gasteiger partial charge in [-0.15, -0.1) is 0 Å². The molecule has 0 saturated carbocycles. The van der Waals surface area contributed by atoms with Crippen molar-refractivity contribution in [3.8, 4) is 0 Å². The fraction of sp³-hybridized carbons (Fsp3) is 0.417. The third-order valence-electron chi connectivity index (χ3n) is 2.08. The van der Waals surface area contributed by atoms with Gasteiger partial charge in [-0.25, -0.2) is 4.79 Å². The Morgan fingerprint density at radius 2 is 2.17 bits per heavy atom. The molecule has 1 heterocycles. The first-order valence-electron chi connectivity index (χ1n) is 5.59. The third-order valence-corrected chi connectivity index (χ3v) is 2.08. The summed E-state index contributed by atoms with van der Waals surface area (Å²) in [6.07, 6.45) is 1.26. The smallest absolute Gasteiger partial charge is 0.410 e. The Bertz CT molecular complexity index is 420. The lowest BCUT2D eigenvalue weighted by atomic mass is 10.2. The molecule has 1 aromatic rings. The van der Waals surface area contributed by atoms with E-state index in [2.05, 4.69) is 19.8 Å². The van der Waals surface area contributed by atoms with E-state index in [1.54, 1.807) is 13.1 Å². The van der Waals surface area contributed by atoms with E-state index in [9.17, 15) is 9.59 Å². The highest BCUT2D eigenvalue weighted by molar-refractivity contribution is 5.69. The van der Waals surface area contributed by atoms with Crippen molar-refractivity contribution in [2.24, 2.45) is 0 Å². The van der Waals surface area contributed by atoms with E-state index < -0.39 is 12.1 Å². The van der Waals surface area contributed by atoms with Crippen molar-refractivity contribution in [1.29, 1.82) is 0 Å². The van der Waals surface area contributed by atoms with Crippen LogP contribution >= 0.6 is 0 Å². The Morgan fingerprint density at radius 1 is 1.39 bits per heavy atom. The number of hydrogen-bond donors (Lipinski definition) is 1. The first-order valence-corrected chi connectivity index (χ1v) is 5.59. The summed E-state index contributed by atoms with van der Waals surface area (Å²) in [4.78, 5) is 26.1. The Balaban J connectivity index is 2.23. The lowest BCUT2D eigenvalue weighted by Gasteiger charge is -2.07. The molecule has 0 fully saturated rings. The number of carbonyl (C=O) groups is 2. The average Bonchev–Trinajstić information content (AvgIpc) is 2.36. The molecule has 0 saturated heterocycles. The van der Waals surface area contributed by atoms with E-state index >= 15 is 0 Å². The number of ether oxygens (including phenoxy) is 2. The van der Waals surface area contributed by atoms with Crippen LogP contribution in [-0.2, 0) is 20.8 Å². The molecule has 6 nitrogen and oxygen atoms in total. The maximum atomic E-state index is 11.2. The van der Waals surface area contributed by atoms with Crippen LogP contribution in [0.3, 0.4) is 0 Å². The summed E-state index contributed by atoms with van der Waals surface area (Å²) in [6, 6.07) is 3.73. The number of alkyl carbamates (subject to hydrolysis) is 1. The van der Waals surface area contributed by atoms with Crippen molar-refractivity contribution in [2.75, 3.05) is 6.79 Å². The molecule has 0 aliphatic rings. The van der Waals surface area contributed by atoms with Crippen molar-refractivity contribution in [2.45, 2.75) is 26.8 Å². The monoisotopic (exact) mass is 252 g/mol. The summed E-state index contributed by atoms with van der Waals surface area (Å²) in [7, 11) is 0. The average molecular weight is 252 g/mol. The number of hydrogen-bond acceptors (Lipinski definition) is 5. The molecular formula is C12H16N2O4. The molecule has 18 heavy (non-hydrogen) atoms.